The third-order valence-corrected chi connectivity index (χ3v) is 3.70. The number of morpholine rings is 1. The second kappa shape index (κ2) is 5.30. The number of ether oxygens (including phenoxy) is 1. The molecule has 0 bridgehead atoms. The summed E-state index contributed by atoms with van der Waals surface area (Å²) >= 11 is 0. The highest BCUT2D eigenvalue weighted by Crippen LogP contribution is 2.27. The van der Waals surface area contributed by atoms with E-state index >= 15 is 0 Å². The molecule has 6 heteroatoms. The highest BCUT2D eigenvalue weighted by molar-refractivity contribution is 6.22. The minimum Gasteiger partial charge on any atom is -0.379 e. The molecule has 1 aromatic carbocycles. The van der Waals surface area contributed by atoms with Gasteiger partial charge in [0.15, 0.2) is 0 Å². The van der Waals surface area contributed by atoms with Crippen LogP contribution >= 0.6 is 0 Å². The first-order valence-corrected chi connectivity index (χ1v) is 6.61. The summed E-state index contributed by atoms with van der Waals surface area (Å²) in [4.78, 5) is 27.4. The standard InChI is InChI=1S/C14H15FN2O3/c15-10-3-1-2-4-11(10)17-13(18)9-12(14(17)19)16-5-7-20-8-6-16/h1-4,12H,5-9H2/t12-/m0/s1. The van der Waals surface area contributed by atoms with Crippen LogP contribution in [-0.4, -0.2) is 49.1 Å². The van der Waals surface area contributed by atoms with Gasteiger partial charge in [0.05, 0.1) is 31.4 Å². The maximum Gasteiger partial charge on any atom is 0.251 e. The van der Waals surface area contributed by atoms with E-state index in [9.17, 15) is 14.0 Å². The second-order valence-electron chi connectivity index (χ2n) is 4.89. The van der Waals surface area contributed by atoms with Crippen LogP contribution in [0.15, 0.2) is 24.3 Å². The van der Waals surface area contributed by atoms with Crippen molar-refractivity contribution in [3.8, 4) is 0 Å². The summed E-state index contributed by atoms with van der Waals surface area (Å²) < 4.78 is 19.0. The highest BCUT2D eigenvalue weighted by Gasteiger charge is 2.43. The van der Waals surface area contributed by atoms with Gasteiger partial charge in [0.2, 0.25) is 5.91 Å². The molecule has 1 atom stereocenters. The fourth-order valence-electron chi connectivity index (χ4n) is 2.68. The number of hydrogen-bond acceptors (Lipinski definition) is 4. The zero-order valence-corrected chi connectivity index (χ0v) is 10.9. The molecular formula is C14H15FN2O3. The fourth-order valence-corrected chi connectivity index (χ4v) is 2.68. The van der Waals surface area contributed by atoms with Gasteiger partial charge in [0.25, 0.3) is 5.91 Å². The number of benzene rings is 1. The number of carbonyl (C=O) groups is 2. The number of imide groups is 1. The maximum absolute atomic E-state index is 13.8. The Morgan fingerprint density at radius 2 is 1.85 bits per heavy atom. The number of nitrogens with zero attached hydrogens (tertiary/aromatic N) is 2. The molecule has 106 valence electrons. The van der Waals surface area contributed by atoms with Gasteiger partial charge in [0, 0.05) is 13.1 Å². The number of anilines is 1. The summed E-state index contributed by atoms with van der Waals surface area (Å²) in [6, 6.07) is 5.35. The zero-order valence-electron chi connectivity index (χ0n) is 10.9. The molecule has 2 fully saturated rings. The van der Waals surface area contributed by atoms with E-state index in [2.05, 4.69) is 0 Å². The molecular weight excluding hydrogens is 263 g/mol. The Hall–Kier alpha value is -1.79. The number of amides is 2. The van der Waals surface area contributed by atoms with Crippen molar-refractivity contribution >= 4 is 17.5 Å². The van der Waals surface area contributed by atoms with Crippen LogP contribution in [-0.2, 0) is 14.3 Å². The summed E-state index contributed by atoms with van der Waals surface area (Å²) in [6.07, 6.45) is 0.104. The molecule has 3 rings (SSSR count). The van der Waals surface area contributed by atoms with Crippen molar-refractivity contribution < 1.29 is 18.7 Å². The smallest absolute Gasteiger partial charge is 0.251 e. The molecule has 2 amide bonds. The molecule has 1 aromatic rings. The monoisotopic (exact) mass is 278 g/mol. The first-order valence-electron chi connectivity index (χ1n) is 6.61. The van der Waals surface area contributed by atoms with Crippen LogP contribution in [0.1, 0.15) is 6.42 Å². The summed E-state index contributed by atoms with van der Waals surface area (Å²) in [5.41, 5.74) is 0.0401. The maximum atomic E-state index is 13.8. The van der Waals surface area contributed by atoms with E-state index in [1.807, 2.05) is 4.90 Å². The first kappa shape index (κ1) is 13.2. The lowest BCUT2D eigenvalue weighted by Gasteiger charge is -2.30. The van der Waals surface area contributed by atoms with Crippen LogP contribution in [0.25, 0.3) is 0 Å². The van der Waals surface area contributed by atoms with E-state index in [0.29, 0.717) is 26.3 Å². The Morgan fingerprint density at radius 3 is 2.55 bits per heavy atom. The topological polar surface area (TPSA) is 49.9 Å². The Bertz CT molecular complexity index is 543. The average Bonchev–Trinajstić information content (AvgIpc) is 2.76. The van der Waals surface area contributed by atoms with Gasteiger partial charge >= 0.3 is 0 Å². The van der Waals surface area contributed by atoms with Crippen LogP contribution in [0, 0.1) is 5.82 Å². The second-order valence-corrected chi connectivity index (χ2v) is 4.89. The van der Waals surface area contributed by atoms with Crippen molar-refractivity contribution in [1.29, 1.82) is 0 Å². The van der Waals surface area contributed by atoms with Gasteiger partial charge in [-0.15, -0.1) is 0 Å². The van der Waals surface area contributed by atoms with Gasteiger partial charge in [0.1, 0.15) is 5.82 Å². The van der Waals surface area contributed by atoms with Crippen molar-refractivity contribution in [2.24, 2.45) is 0 Å². The van der Waals surface area contributed by atoms with Gasteiger partial charge in [-0.05, 0) is 12.1 Å². The molecule has 0 radical (unpaired) electrons. The molecule has 2 aliphatic heterocycles. The minimum absolute atomic E-state index is 0.0401. The lowest BCUT2D eigenvalue weighted by Crippen LogP contribution is -2.47. The Balaban J connectivity index is 1.85. The third-order valence-electron chi connectivity index (χ3n) is 3.70. The van der Waals surface area contributed by atoms with Crippen molar-refractivity contribution in [2.45, 2.75) is 12.5 Å². The molecule has 0 N–H and O–H groups in total. The van der Waals surface area contributed by atoms with Gasteiger partial charge in [-0.25, -0.2) is 9.29 Å². The van der Waals surface area contributed by atoms with Gasteiger partial charge in [-0.1, -0.05) is 12.1 Å². The number of halogens is 1. The van der Waals surface area contributed by atoms with E-state index in [1.54, 1.807) is 6.07 Å². The number of hydrogen-bond donors (Lipinski definition) is 0. The van der Waals surface area contributed by atoms with Crippen molar-refractivity contribution in [3.05, 3.63) is 30.1 Å². The van der Waals surface area contributed by atoms with Crippen molar-refractivity contribution in [3.63, 3.8) is 0 Å². The Labute approximate surface area is 115 Å². The van der Waals surface area contributed by atoms with E-state index in [0.717, 1.165) is 4.90 Å². The molecule has 5 nitrogen and oxygen atoms in total. The van der Waals surface area contributed by atoms with Crippen LogP contribution in [0.4, 0.5) is 10.1 Å². The molecule has 2 heterocycles. The van der Waals surface area contributed by atoms with Crippen LogP contribution in [0.5, 0.6) is 0 Å². The molecule has 0 saturated carbocycles. The zero-order chi connectivity index (χ0) is 14.1. The van der Waals surface area contributed by atoms with Gasteiger partial charge < -0.3 is 4.74 Å². The van der Waals surface area contributed by atoms with E-state index in [1.165, 1.54) is 18.2 Å². The van der Waals surface area contributed by atoms with E-state index < -0.39 is 11.9 Å². The van der Waals surface area contributed by atoms with E-state index in [-0.39, 0.29) is 23.9 Å². The molecule has 0 aromatic heterocycles. The average molecular weight is 278 g/mol. The van der Waals surface area contributed by atoms with Crippen molar-refractivity contribution in [1.82, 2.24) is 4.90 Å². The lowest BCUT2D eigenvalue weighted by molar-refractivity contribution is -0.123. The molecule has 2 saturated heterocycles. The van der Waals surface area contributed by atoms with Crippen LogP contribution in [0.2, 0.25) is 0 Å². The first-order chi connectivity index (χ1) is 9.68. The van der Waals surface area contributed by atoms with Crippen LogP contribution < -0.4 is 4.90 Å². The Morgan fingerprint density at radius 1 is 1.15 bits per heavy atom. The minimum atomic E-state index is -0.558. The quantitative estimate of drug-likeness (QED) is 0.751. The predicted molar refractivity (Wildman–Crippen MR) is 69.7 cm³/mol. The van der Waals surface area contributed by atoms with Crippen molar-refractivity contribution in [2.75, 3.05) is 31.2 Å². The molecule has 20 heavy (non-hydrogen) atoms. The summed E-state index contributed by atoms with van der Waals surface area (Å²) in [5.74, 6) is -1.25. The normalized spacial score (nSPS) is 24.4. The largest absolute Gasteiger partial charge is 0.379 e. The molecule has 0 unspecified atom stereocenters. The van der Waals surface area contributed by atoms with Gasteiger partial charge in [-0.2, -0.15) is 0 Å². The van der Waals surface area contributed by atoms with Gasteiger partial charge in [-0.3, -0.25) is 14.5 Å². The number of carbonyl (C=O) groups excluding carboxylic acids is 2. The summed E-state index contributed by atoms with van der Waals surface area (Å²) in [5, 5.41) is 0. The lowest BCUT2D eigenvalue weighted by atomic mass is 10.2. The third kappa shape index (κ3) is 2.21. The predicted octanol–water partition coefficient (Wildman–Crippen LogP) is 0.790. The Kier molecular flexibility index (Phi) is 3.50. The van der Waals surface area contributed by atoms with Crippen LogP contribution in [0.3, 0.4) is 0 Å². The molecule has 0 spiro atoms. The molecule has 2 aliphatic rings. The number of rotatable bonds is 2. The van der Waals surface area contributed by atoms with E-state index in [4.69, 9.17) is 4.74 Å². The summed E-state index contributed by atoms with van der Waals surface area (Å²) in [7, 11) is 0. The fraction of sp³-hybridized carbons (Fsp3) is 0.429. The number of para-hydroxylation sites is 1. The molecule has 0 aliphatic carbocycles. The summed E-state index contributed by atoms with van der Waals surface area (Å²) in [6.45, 7) is 2.35. The SMILES string of the molecule is O=C1C[C@H](N2CCOCC2)C(=O)N1c1ccccc1F. The highest BCUT2D eigenvalue weighted by atomic mass is 19.1.